The molecule has 0 saturated carbocycles. The van der Waals surface area contributed by atoms with Crippen LogP contribution in [0.1, 0.15) is 16.4 Å². The average Bonchev–Trinajstić information content (AvgIpc) is 3.24. The third-order valence-electron chi connectivity index (χ3n) is 4.28. The van der Waals surface area contributed by atoms with Gasteiger partial charge >= 0.3 is 0 Å². The molecule has 0 atom stereocenters. The number of carbonyl (C=O) groups excluding carboxylic acids is 1. The molecule has 1 N–H and O–H groups in total. The van der Waals surface area contributed by atoms with Gasteiger partial charge in [-0.1, -0.05) is 102 Å². The van der Waals surface area contributed by atoms with E-state index in [-0.39, 0.29) is 11.2 Å². The van der Waals surface area contributed by atoms with E-state index in [1.165, 1.54) is 22.5 Å². The predicted molar refractivity (Wildman–Crippen MR) is 121 cm³/mol. The zero-order valence-corrected chi connectivity index (χ0v) is 17.2. The highest BCUT2D eigenvalue weighted by molar-refractivity contribution is 8.00. The maximum atomic E-state index is 12.5. The van der Waals surface area contributed by atoms with Crippen LogP contribution in [0.3, 0.4) is 0 Å². The second kappa shape index (κ2) is 9.49. The molecule has 0 unspecified atom stereocenters. The normalized spacial score (nSPS) is 10.8. The van der Waals surface area contributed by atoms with Crippen LogP contribution in [0.15, 0.2) is 91.0 Å². The van der Waals surface area contributed by atoms with Crippen molar-refractivity contribution >= 4 is 34.1 Å². The molecular formula is C23H19N3OS2. The van der Waals surface area contributed by atoms with E-state index in [2.05, 4.69) is 39.8 Å². The van der Waals surface area contributed by atoms with Crippen LogP contribution in [0.2, 0.25) is 0 Å². The Kier molecular flexibility index (Phi) is 6.34. The minimum Gasteiger partial charge on any atom is -0.300 e. The number of amides is 1. The van der Waals surface area contributed by atoms with E-state index in [9.17, 15) is 4.79 Å². The Morgan fingerprint density at radius 2 is 1.38 bits per heavy atom. The molecule has 6 heteroatoms. The van der Waals surface area contributed by atoms with Gasteiger partial charge in [0.15, 0.2) is 0 Å². The molecule has 0 aliphatic rings. The quantitative estimate of drug-likeness (QED) is 0.421. The Bertz CT molecular complexity index is 1010. The first-order valence-corrected chi connectivity index (χ1v) is 11.1. The van der Waals surface area contributed by atoms with E-state index < -0.39 is 0 Å². The molecule has 0 bridgehead atoms. The van der Waals surface area contributed by atoms with E-state index in [4.69, 9.17) is 0 Å². The molecule has 0 aliphatic carbocycles. The summed E-state index contributed by atoms with van der Waals surface area (Å²) in [6.07, 6.45) is 0. The fraction of sp³-hybridized carbons (Fsp3) is 0.0870. The summed E-state index contributed by atoms with van der Waals surface area (Å²) in [4.78, 5) is 12.5. The van der Waals surface area contributed by atoms with Crippen molar-refractivity contribution in [2.75, 3.05) is 11.1 Å². The van der Waals surface area contributed by atoms with Crippen molar-refractivity contribution in [3.63, 3.8) is 0 Å². The summed E-state index contributed by atoms with van der Waals surface area (Å²) in [5, 5.41) is 12.6. The van der Waals surface area contributed by atoms with E-state index in [1.54, 1.807) is 11.8 Å². The Morgan fingerprint density at radius 3 is 1.97 bits per heavy atom. The van der Waals surface area contributed by atoms with Crippen LogP contribution in [0, 0.1) is 0 Å². The van der Waals surface area contributed by atoms with Gasteiger partial charge in [-0.15, -0.1) is 22.0 Å². The SMILES string of the molecule is O=C(CSC(c1ccccc1)c1ccccc1)Nc1nnc(-c2ccccc2)s1. The number of thioether (sulfide) groups is 1. The highest BCUT2D eigenvalue weighted by Gasteiger charge is 2.17. The van der Waals surface area contributed by atoms with Gasteiger partial charge in [-0.25, -0.2) is 0 Å². The van der Waals surface area contributed by atoms with Crippen molar-refractivity contribution in [3.8, 4) is 10.6 Å². The summed E-state index contributed by atoms with van der Waals surface area (Å²) in [5.41, 5.74) is 3.35. The predicted octanol–water partition coefficient (Wildman–Crippen LogP) is 5.67. The molecule has 0 radical (unpaired) electrons. The minimum atomic E-state index is -0.0809. The highest BCUT2D eigenvalue weighted by Crippen LogP contribution is 2.35. The number of nitrogens with zero attached hydrogens (tertiary/aromatic N) is 2. The molecule has 144 valence electrons. The van der Waals surface area contributed by atoms with Crippen LogP contribution in [0.5, 0.6) is 0 Å². The lowest BCUT2D eigenvalue weighted by Gasteiger charge is -2.17. The molecule has 1 aromatic heterocycles. The number of rotatable bonds is 7. The van der Waals surface area contributed by atoms with Crippen LogP contribution in [-0.2, 0) is 4.79 Å². The van der Waals surface area contributed by atoms with Crippen LogP contribution >= 0.6 is 23.1 Å². The Balaban J connectivity index is 1.42. The topological polar surface area (TPSA) is 54.9 Å². The standard InChI is InChI=1S/C23H19N3OS2/c27-20(24-23-26-25-22(29-23)19-14-8-3-9-15-19)16-28-21(17-10-4-1-5-11-17)18-12-6-2-7-13-18/h1-15,21H,16H2,(H,24,26,27). The monoisotopic (exact) mass is 417 g/mol. The lowest BCUT2D eigenvalue weighted by Crippen LogP contribution is -2.15. The fourth-order valence-corrected chi connectivity index (χ4v) is 4.78. The molecule has 3 aromatic carbocycles. The second-order valence-corrected chi connectivity index (χ2v) is 8.41. The maximum absolute atomic E-state index is 12.5. The van der Waals surface area contributed by atoms with Crippen LogP contribution in [0.25, 0.3) is 10.6 Å². The summed E-state index contributed by atoms with van der Waals surface area (Å²) in [6.45, 7) is 0. The van der Waals surface area contributed by atoms with E-state index in [1.807, 2.05) is 66.7 Å². The van der Waals surface area contributed by atoms with Crippen molar-refractivity contribution in [2.45, 2.75) is 5.25 Å². The first kappa shape index (κ1) is 19.4. The third kappa shape index (κ3) is 5.10. The van der Waals surface area contributed by atoms with Gasteiger partial charge in [-0.2, -0.15) is 0 Å². The molecular weight excluding hydrogens is 398 g/mol. The molecule has 0 spiro atoms. The Hall–Kier alpha value is -2.96. The van der Waals surface area contributed by atoms with E-state index in [0.29, 0.717) is 10.9 Å². The Morgan fingerprint density at radius 1 is 0.828 bits per heavy atom. The van der Waals surface area contributed by atoms with Crippen LogP contribution in [-0.4, -0.2) is 21.9 Å². The van der Waals surface area contributed by atoms with Gasteiger partial charge in [0.05, 0.1) is 11.0 Å². The third-order valence-corrected chi connectivity index (χ3v) is 6.47. The van der Waals surface area contributed by atoms with Gasteiger partial charge in [0.25, 0.3) is 0 Å². The van der Waals surface area contributed by atoms with Crippen molar-refractivity contribution in [3.05, 3.63) is 102 Å². The first-order valence-electron chi connectivity index (χ1n) is 9.20. The van der Waals surface area contributed by atoms with Crippen molar-refractivity contribution in [1.29, 1.82) is 0 Å². The molecule has 29 heavy (non-hydrogen) atoms. The summed E-state index contributed by atoms with van der Waals surface area (Å²) >= 11 is 2.98. The largest absolute Gasteiger partial charge is 0.300 e. The van der Waals surface area contributed by atoms with Crippen molar-refractivity contribution < 1.29 is 4.79 Å². The number of carbonyl (C=O) groups is 1. The zero-order valence-electron chi connectivity index (χ0n) is 15.6. The van der Waals surface area contributed by atoms with Crippen molar-refractivity contribution in [2.24, 2.45) is 0 Å². The molecule has 1 amide bonds. The molecule has 4 aromatic rings. The number of nitrogens with one attached hydrogen (secondary N) is 1. The van der Waals surface area contributed by atoms with E-state index in [0.717, 1.165) is 10.6 Å². The summed E-state index contributed by atoms with van der Waals surface area (Å²) in [6, 6.07) is 30.3. The molecule has 4 rings (SSSR count). The minimum absolute atomic E-state index is 0.0809. The Labute approximate surface area is 178 Å². The summed E-state index contributed by atoms with van der Waals surface area (Å²) in [7, 11) is 0. The van der Waals surface area contributed by atoms with Gasteiger partial charge in [-0.3, -0.25) is 10.1 Å². The highest BCUT2D eigenvalue weighted by atomic mass is 32.2. The summed E-state index contributed by atoms with van der Waals surface area (Å²) in [5.74, 6) is 0.247. The molecule has 4 nitrogen and oxygen atoms in total. The first-order chi connectivity index (χ1) is 14.3. The number of aromatic nitrogens is 2. The molecule has 0 saturated heterocycles. The van der Waals surface area contributed by atoms with Gasteiger partial charge in [0.1, 0.15) is 5.01 Å². The number of anilines is 1. The summed E-state index contributed by atoms with van der Waals surface area (Å²) < 4.78 is 0. The van der Waals surface area contributed by atoms with Crippen LogP contribution < -0.4 is 5.32 Å². The second-order valence-electron chi connectivity index (χ2n) is 6.34. The fourth-order valence-electron chi connectivity index (χ4n) is 2.93. The van der Waals surface area contributed by atoms with Gasteiger partial charge < -0.3 is 0 Å². The lowest BCUT2D eigenvalue weighted by atomic mass is 10.0. The smallest absolute Gasteiger partial charge is 0.236 e. The van der Waals surface area contributed by atoms with Crippen LogP contribution in [0.4, 0.5) is 5.13 Å². The maximum Gasteiger partial charge on any atom is 0.236 e. The van der Waals surface area contributed by atoms with Crippen molar-refractivity contribution in [1.82, 2.24) is 10.2 Å². The zero-order chi connectivity index (χ0) is 19.9. The molecule has 0 fully saturated rings. The van der Waals surface area contributed by atoms with Gasteiger partial charge in [0, 0.05) is 5.56 Å². The number of hydrogen-bond acceptors (Lipinski definition) is 5. The van der Waals surface area contributed by atoms with Gasteiger partial charge in [0.2, 0.25) is 11.0 Å². The van der Waals surface area contributed by atoms with Gasteiger partial charge in [-0.05, 0) is 11.1 Å². The number of benzene rings is 3. The number of hydrogen-bond donors (Lipinski definition) is 1. The lowest BCUT2D eigenvalue weighted by molar-refractivity contribution is -0.113. The average molecular weight is 418 g/mol. The molecule has 1 heterocycles. The molecule has 0 aliphatic heterocycles. The van der Waals surface area contributed by atoms with E-state index >= 15 is 0 Å².